The predicted octanol–water partition coefficient (Wildman–Crippen LogP) is 3.05. The van der Waals surface area contributed by atoms with Gasteiger partial charge in [-0.2, -0.15) is 25.3 Å². The number of hydrogen-bond acceptors (Lipinski definition) is 9. The van der Waals surface area contributed by atoms with Crippen LogP contribution in [-0.4, -0.2) is 69.3 Å². The molecule has 244 valence electrons. The summed E-state index contributed by atoms with van der Waals surface area (Å²) in [5, 5.41) is 2.53. The van der Waals surface area contributed by atoms with Gasteiger partial charge in [0.05, 0.1) is 18.0 Å². The van der Waals surface area contributed by atoms with E-state index in [9.17, 15) is 39.2 Å². The summed E-state index contributed by atoms with van der Waals surface area (Å²) in [5.41, 5.74) is -0.356. The van der Waals surface area contributed by atoms with Crippen molar-refractivity contribution in [2.45, 2.75) is 97.2 Å². The van der Waals surface area contributed by atoms with Gasteiger partial charge in [0.25, 0.3) is 10.1 Å². The maximum absolute atomic E-state index is 12.3. The van der Waals surface area contributed by atoms with Crippen molar-refractivity contribution in [1.29, 1.82) is 0 Å². The van der Waals surface area contributed by atoms with Crippen LogP contribution in [0.4, 0.5) is 0 Å². The number of nitrogens with one attached hydrogen (secondary N) is 1. The molecule has 4 aliphatic carbocycles. The first-order chi connectivity index (χ1) is 19.2. The van der Waals surface area contributed by atoms with Crippen LogP contribution in [0.15, 0.2) is 0 Å². The van der Waals surface area contributed by atoms with E-state index in [1.54, 1.807) is 0 Å². The summed E-state index contributed by atoms with van der Waals surface area (Å²) in [7, 11) is -13.5. The van der Waals surface area contributed by atoms with E-state index in [1.807, 2.05) is 0 Å². The minimum Gasteiger partial charge on any atom is -0.355 e. The SMILES string of the molecule is C[C@H](CCC(=O)NCCS(=O)(=O)O)[C@H]1CC[C@H]2[C@@H]3[C@H](OS(=O)(=O)O)C[C@@H]4CC(OS(=O)(=O)O)CC[C@]4(C)[C@H]3CC[C@]12C. The number of amides is 1. The third-order valence-electron chi connectivity index (χ3n) is 11.4. The first-order valence-electron chi connectivity index (χ1n) is 14.7. The van der Waals surface area contributed by atoms with Crippen molar-refractivity contribution in [3.8, 4) is 0 Å². The van der Waals surface area contributed by atoms with E-state index >= 15 is 0 Å². The third kappa shape index (κ3) is 7.66. The molecular weight excluding hydrogens is 614 g/mol. The molecule has 0 spiro atoms. The molecule has 4 rings (SSSR count). The second-order valence-corrected chi connectivity index (χ2v) is 17.3. The lowest BCUT2D eigenvalue weighted by molar-refractivity contribution is -0.166. The van der Waals surface area contributed by atoms with Gasteiger partial charge < -0.3 is 5.32 Å². The largest absolute Gasteiger partial charge is 0.397 e. The molecule has 0 aromatic rings. The number of rotatable bonds is 11. The fraction of sp³-hybridized carbons (Fsp3) is 0.962. The fourth-order valence-corrected chi connectivity index (χ4v) is 11.0. The molecule has 4 fully saturated rings. The van der Waals surface area contributed by atoms with E-state index in [-0.39, 0.29) is 65.2 Å². The Bertz CT molecular complexity index is 1340. The lowest BCUT2D eigenvalue weighted by Crippen LogP contribution is -2.59. The smallest absolute Gasteiger partial charge is 0.355 e. The zero-order chi connectivity index (χ0) is 31.3. The molecule has 0 radical (unpaired) electrons. The highest BCUT2D eigenvalue weighted by Gasteiger charge is 2.64. The van der Waals surface area contributed by atoms with Gasteiger partial charge in [-0.15, -0.1) is 0 Å². The van der Waals surface area contributed by atoms with Crippen LogP contribution in [0.25, 0.3) is 0 Å². The van der Waals surface area contributed by atoms with Gasteiger partial charge in [-0.05, 0) is 104 Å². The van der Waals surface area contributed by atoms with E-state index in [2.05, 4.69) is 26.1 Å². The van der Waals surface area contributed by atoms with Crippen molar-refractivity contribution in [3.05, 3.63) is 0 Å². The summed E-state index contributed by atoms with van der Waals surface area (Å²) >= 11 is 0. The molecule has 0 heterocycles. The molecule has 0 aromatic carbocycles. The Morgan fingerprint density at radius 1 is 0.881 bits per heavy atom. The number of hydrogen-bond donors (Lipinski definition) is 4. The van der Waals surface area contributed by atoms with Crippen molar-refractivity contribution in [2.75, 3.05) is 12.3 Å². The molecule has 0 bridgehead atoms. The molecule has 16 heteroatoms. The van der Waals surface area contributed by atoms with Crippen LogP contribution in [0.2, 0.25) is 0 Å². The summed E-state index contributed by atoms with van der Waals surface area (Å²) in [6, 6.07) is 0. The average Bonchev–Trinajstić information content (AvgIpc) is 3.18. The molecule has 1 unspecified atom stereocenters. The van der Waals surface area contributed by atoms with Crippen molar-refractivity contribution >= 4 is 36.8 Å². The Kier molecular flexibility index (Phi) is 9.83. The Hall–Kier alpha value is -0.880. The van der Waals surface area contributed by atoms with Crippen molar-refractivity contribution in [1.82, 2.24) is 5.32 Å². The molecule has 4 saturated carbocycles. The number of carbonyl (C=O) groups excluding carboxylic acids is 1. The highest BCUT2D eigenvalue weighted by Crippen LogP contribution is 2.69. The van der Waals surface area contributed by atoms with Crippen LogP contribution in [0.3, 0.4) is 0 Å². The van der Waals surface area contributed by atoms with Gasteiger partial charge in [-0.25, -0.2) is 8.37 Å². The highest BCUT2D eigenvalue weighted by atomic mass is 32.3. The minimum atomic E-state index is -4.75. The zero-order valence-electron chi connectivity index (χ0n) is 24.3. The summed E-state index contributed by atoms with van der Waals surface area (Å²) in [4.78, 5) is 12.3. The summed E-state index contributed by atoms with van der Waals surface area (Å²) in [5.74, 6) is -0.415. The predicted molar refractivity (Wildman–Crippen MR) is 151 cm³/mol. The van der Waals surface area contributed by atoms with E-state index in [4.69, 9.17) is 12.9 Å². The maximum Gasteiger partial charge on any atom is 0.397 e. The molecule has 10 atom stereocenters. The molecule has 13 nitrogen and oxygen atoms in total. The van der Waals surface area contributed by atoms with Gasteiger partial charge in [-0.1, -0.05) is 20.8 Å². The first kappa shape index (κ1) is 34.0. The standard InChI is InChI=1S/C26H45NO12S3/c1-16(4-7-23(28)27-12-13-40(29,30)31)19-5-6-20-24-21(9-11-26(19,20)3)25(2)10-8-18(38-41(32,33)34)14-17(25)15-22(24)39-42(35,36)37/h16-22,24H,4-15H2,1-3H3,(H,27,28)(H,29,30,31)(H,32,33,34)(H,35,36,37)/t16-,17+,18?,19-,20+,21+,22-,24+,25+,26-/m1/s1. The Morgan fingerprint density at radius 3 is 2.12 bits per heavy atom. The quantitative estimate of drug-likeness (QED) is 0.236. The van der Waals surface area contributed by atoms with Gasteiger partial charge >= 0.3 is 20.8 Å². The van der Waals surface area contributed by atoms with E-state index in [1.165, 1.54) is 0 Å². The van der Waals surface area contributed by atoms with Crippen LogP contribution < -0.4 is 5.32 Å². The third-order valence-corrected chi connectivity index (χ3v) is 13.1. The van der Waals surface area contributed by atoms with Crippen molar-refractivity contribution in [3.63, 3.8) is 0 Å². The number of fused-ring (bicyclic) bond motifs is 5. The van der Waals surface area contributed by atoms with Crippen LogP contribution >= 0.6 is 0 Å². The van der Waals surface area contributed by atoms with Crippen molar-refractivity contribution in [2.24, 2.45) is 46.3 Å². The van der Waals surface area contributed by atoms with Gasteiger partial charge in [-0.3, -0.25) is 18.5 Å². The summed E-state index contributed by atoms with van der Waals surface area (Å²) in [6.45, 7) is 6.37. The molecular formula is C26H45NO12S3. The fourth-order valence-electron chi connectivity index (χ4n) is 9.62. The lowest BCUT2D eigenvalue weighted by atomic mass is 9.43. The molecule has 42 heavy (non-hydrogen) atoms. The van der Waals surface area contributed by atoms with E-state index in [0.29, 0.717) is 32.1 Å². The average molecular weight is 660 g/mol. The van der Waals surface area contributed by atoms with Gasteiger partial charge in [0.15, 0.2) is 0 Å². The molecule has 1 amide bonds. The maximum atomic E-state index is 12.3. The lowest BCUT2D eigenvalue weighted by Gasteiger charge is -2.62. The van der Waals surface area contributed by atoms with E-state index < -0.39 is 48.9 Å². The molecule has 0 aliphatic heterocycles. The van der Waals surface area contributed by atoms with Gasteiger partial charge in [0, 0.05) is 13.0 Å². The second kappa shape index (κ2) is 12.1. The minimum absolute atomic E-state index is 0.0930. The molecule has 0 saturated heterocycles. The first-order valence-corrected chi connectivity index (χ1v) is 19.1. The monoisotopic (exact) mass is 659 g/mol. The van der Waals surface area contributed by atoms with Gasteiger partial charge in [0.1, 0.15) is 0 Å². The van der Waals surface area contributed by atoms with Crippen LogP contribution in [0, 0.1) is 46.3 Å². The summed E-state index contributed by atoms with van der Waals surface area (Å²) in [6.07, 6.45) is 4.57. The number of carbonyl (C=O) groups is 1. The molecule has 0 aromatic heterocycles. The van der Waals surface area contributed by atoms with E-state index in [0.717, 1.165) is 25.7 Å². The van der Waals surface area contributed by atoms with Crippen LogP contribution in [0.1, 0.15) is 85.0 Å². The topological polar surface area (TPSA) is 211 Å². The highest BCUT2D eigenvalue weighted by molar-refractivity contribution is 7.85. The normalized spacial score (nSPS) is 39.5. The van der Waals surface area contributed by atoms with Crippen LogP contribution in [-0.2, 0) is 44.1 Å². The summed E-state index contributed by atoms with van der Waals surface area (Å²) < 4.78 is 107. The second-order valence-electron chi connectivity index (χ2n) is 13.6. The van der Waals surface area contributed by atoms with Gasteiger partial charge in [0.2, 0.25) is 5.91 Å². The zero-order valence-corrected chi connectivity index (χ0v) is 26.8. The Morgan fingerprint density at radius 2 is 1.50 bits per heavy atom. The Labute approximate surface area is 249 Å². The van der Waals surface area contributed by atoms with Crippen molar-refractivity contribution < 1.29 is 52.1 Å². The Balaban J connectivity index is 1.50. The molecule has 4 N–H and O–H groups in total. The van der Waals surface area contributed by atoms with Crippen LogP contribution in [0.5, 0.6) is 0 Å². The molecule has 4 aliphatic rings.